The SMILES string of the molecule is CCCCCCCCC#CC(=O)O.Ic1ccccc1. The summed E-state index contributed by atoms with van der Waals surface area (Å²) in [4.78, 5) is 10.00. The van der Waals surface area contributed by atoms with Crippen LogP contribution in [0, 0.1) is 15.4 Å². The zero-order valence-corrected chi connectivity index (χ0v) is 14.2. The summed E-state index contributed by atoms with van der Waals surface area (Å²) >= 11 is 2.28. The Labute approximate surface area is 136 Å². The van der Waals surface area contributed by atoms with Crippen molar-refractivity contribution in [3.8, 4) is 11.8 Å². The molecule has 0 amide bonds. The Morgan fingerprint density at radius 1 is 1.10 bits per heavy atom. The van der Waals surface area contributed by atoms with Crippen molar-refractivity contribution in [2.45, 2.75) is 51.9 Å². The Kier molecular flexibility index (Phi) is 13.7. The van der Waals surface area contributed by atoms with Crippen LogP contribution in [0.15, 0.2) is 30.3 Å². The second-order valence-corrected chi connectivity index (χ2v) is 5.67. The Hall–Kier alpha value is -1.02. The number of carboxylic acid groups (broad SMARTS) is 1. The normalized spacial score (nSPS) is 8.90. The number of carboxylic acids is 1. The first kappa shape index (κ1) is 19.0. The van der Waals surface area contributed by atoms with Crippen molar-refractivity contribution in [3.05, 3.63) is 33.9 Å². The third-order valence-electron chi connectivity index (χ3n) is 2.58. The maximum absolute atomic E-state index is 10.00. The topological polar surface area (TPSA) is 37.3 Å². The second-order valence-electron chi connectivity index (χ2n) is 4.42. The van der Waals surface area contributed by atoms with Crippen LogP contribution in [0.25, 0.3) is 0 Å². The summed E-state index contributed by atoms with van der Waals surface area (Å²) in [5.74, 6) is 3.72. The van der Waals surface area contributed by atoms with Gasteiger partial charge in [-0.1, -0.05) is 63.1 Å². The second kappa shape index (κ2) is 14.4. The maximum atomic E-state index is 10.00. The van der Waals surface area contributed by atoms with Gasteiger partial charge >= 0.3 is 5.97 Å². The van der Waals surface area contributed by atoms with E-state index >= 15 is 0 Å². The van der Waals surface area contributed by atoms with E-state index in [2.05, 4.69) is 53.5 Å². The van der Waals surface area contributed by atoms with Crippen LogP contribution in [0.5, 0.6) is 0 Å². The Morgan fingerprint density at radius 2 is 1.70 bits per heavy atom. The van der Waals surface area contributed by atoms with Gasteiger partial charge in [-0.3, -0.25) is 0 Å². The van der Waals surface area contributed by atoms with Crippen molar-refractivity contribution in [2.75, 3.05) is 0 Å². The standard InChI is InChI=1S/C11H18O2.C6H5I/c1-2-3-4-5-6-7-8-9-10-11(12)13;7-6-4-2-1-3-5-6/h2-8H2,1H3,(H,12,13);1-5H. The molecule has 0 aromatic heterocycles. The molecule has 0 aliphatic heterocycles. The van der Waals surface area contributed by atoms with E-state index in [9.17, 15) is 4.79 Å². The van der Waals surface area contributed by atoms with E-state index < -0.39 is 5.97 Å². The lowest BCUT2D eigenvalue weighted by Crippen LogP contribution is -1.86. The first-order valence-corrected chi connectivity index (χ1v) is 8.17. The van der Waals surface area contributed by atoms with E-state index in [1.807, 2.05) is 18.2 Å². The van der Waals surface area contributed by atoms with Crippen molar-refractivity contribution in [2.24, 2.45) is 0 Å². The number of rotatable bonds is 6. The third kappa shape index (κ3) is 15.0. The highest BCUT2D eigenvalue weighted by Gasteiger charge is 1.88. The smallest absolute Gasteiger partial charge is 0.381 e. The predicted octanol–water partition coefficient (Wildman–Crippen LogP) is 5.12. The van der Waals surface area contributed by atoms with Gasteiger partial charge in [-0.25, -0.2) is 4.79 Å². The van der Waals surface area contributed by atoms with Gasteiger partial charge in [0.25, 0.3) is 0 Å². The molecular weight excluding hydrogens is 363 g/mol. The van der Waals surface area contributed by atoms with E-state index in [0.29, 0.717) is 0 Å². The molecule has 110 valence electrons. The van der Waals surface area contributed by atoms with Gasteiger partial charge in [-0.15, -0.1) is 0 Å². The number of carbonyl (C=O) groups is 1. The summed E-state index contributed by atoms with van der Waals surface area (Å²) in [5, 5.41) is 8.21. The first-order chi connectivity index (χ1) is 9.66. The Bertz CT molecular complexity index is 404. The molecule has 0 bridgehead atoms. The number of benzene rings is 1. The molecule has 0 aliphatic carbocycles. The largest absolute Gasteiger partial charge is 0.472 e. The molecule has 0 unspecified atom stereocenters. The molecule has 0 fully saturated rings. The van der Waals surface area contributed by atoms with Crippen LogP contribution in [0.1, 0.15) is 51.9 Å². The molecule has 0 heterocycles. The third-order valence-corrected chi connectivity index (χ3v) is 3.30. The summed E-state index contributed by atoms with van der Waals surface area (Å²) < 4.78 is 1.29. The number of hydrogen-bond acceptors (Lipinski definition) is 1. The number of halogens is 1. The van der Waals surface area contributed by atoms with Gasteiger partial charge in [0.15, 0.2) is 0 Å². The van der Waals surface area contributed by atoms with Crippen LogP contribution in [-0.4, -0.2) is 11.1 Å². The fourth-order valence-corrected chi connectivity index (χ4v) is 1.96. The number of hydrogen-bond donors (Lipinski definition) is 1. The van der Waals surface area contributed by atoms with Gasteiger partial charge in [0.1, 0.15) is 0 Å². The molecule has 2 nitrogen and oxygen atoms in total. The molecule has 1 aromatic rings. The van der Waals surface area contributed by atoms with Crippen LogP contribution < -0.4 is 0 Å². The van der Waals surface area contributed by atoms with Crippen LogP contribution in [0.3, 0.4) is 0 Å². The fraction of sp³-hybridized carbons (Fsp3) is 0.471. The van der Waals surface area contributed by atoms with Crippen LogP contribution in [0.4, 0.5) is 0 Å². The molecule has 0 saturated carbocycles. The predicted molar refractivity (Wildman–Crippen MR) is 92.6 cm³/mol. The monoisotopic (exact) mass is 386 g/mol. The molecule has 0 spiro atoms. The number of aliphatic carboxylic acids is 1. The molecule has 1 aromatic carbocycles. The molecule has 0 aliphatic rings. The molecular formula is C17H23IO2. The van der Waals surface area contributed by atoms with Crippen LogP contribution in [-0.2, 0) is 4.79 Å². The van der Waals surface area contributed by atoms with E-state index in [-0.39, 0.29) is 0 Å². The Balaban J connectivity index is 0.000000428. The first-order valence-electron chi connectivity index (χ1n) is 7.09. The minimum Gasteiger partial charge on any atom is -0.472 e. The lowest BCUT2D eigenvalue weighted by molar-refractivity contribution is -0.130. The van der Waals surface area contributed by atoms with Gasteiger partial charge < -0.3 is 5.11 Å². The minimum atomic E-state index is -1.02. The zero-order valence-electron chi connectivity index (χ0n) is 12.1. The molecule has 20 heavy (non-hydrogen) atoms. The zero-order chi connectivity index (χ0) is 15.1. The van der Waals surface area contributed by atoms with Gasteiger partial charge in [-0.05, 0) is 41.1 Å². The molecule has 1 N–H and O–H groups in total. The minimum absolute atomic E-state index is 0.721. The maximum Gasteiger partial charge on any atom is 0.381 e. The quantitative estimate of drug-likeness (QED) is 0.419. The highest BCUT2D eigenvalue weighted by molar-refractivity contribution is 14.1. The summed E-state index contributed by atoms with van der Waals surface area (Å²) in [6.45, 7) is 2.19. The van der Waals surface area contributed by atoms with Gasteiger partial charge in [0.2, 0.25) is 0 Å². The van der Waals surface area contributed by atoms with Crippen molar-refractivity contribution < 1.29 is 9.90 Å². The molecule has 0 radical (unpaired) electrons. The van der Waals surface area contributed by atoms with Crippen molar-refractivity contribution in [1.82, 2.24) is 0 Å². The van der Waals surface area contributed by atoms with Crippen molar-refractivity contribution in [1.29, 1.82) is 0 Å². The van der Waals surface area contributed by atoms with Gasteiger partial charge in [0.05, 0.1) is 0 Å². The van der Waals surface area contributed by atoms with E-state index in [1.165, 1.54) is 35.7 Å². The molecule has 1 rings (SSSR count). The fourth-order valence-electron chi connectivity index (χ4n) is 1.55. The summed E-state index contributed by atoms with van der Waals surface area (Å²) in [6, 6.07) is 10.2. The van der Waals surface area contributed by atoms with Crippen LogP contribution >= 0.6 is 22.6 Å². The molecule has 0 atom stereocenters. The summed E-state index contributed by atoms with van der Waals surface area (Å²) in [6.07, 6.45) is 8.04. The Morgan fingerprint density at radius 3 is 2.20 bits per heavy atom. The molecule has 0 saturated heterocycles. The van der Waals surface area contributed by atoms with Crippen molar-refractivity contribution >= 4 is 28.6 Å². The highest BCUT2D eigenvalue weighted by Crippen LogP contribution is 2.05. The van der Waals surface area contributed by atoms with Gasteiger partial charge in [0, 0.05) is 15.9 Å². The van der Waals surface area contributed by atoms with E-state index in [4.69, 9.17) is 5.11 Å². The number of unbranched alkanes of at least 4 members (excludes halogenated alkanes) is 6. The lowest BCUT2D eigenvalue weighted by Gasteiger charge is -1.96. The average molecular weight is 386 g/mol. The molecule has 3 heteroatoms. The lowest BCUT2D eigenvalue weighted by atomic mass is 10.1. The van der Waals surface area contributed by atoms with Crippen molar-refractivity contribution in [3.63, 3.8) is 0 Å². The highest BCUT2D eigenvalue weighted by atomic mass is 127. The van der Waals surface area contributed by atoms with E-state index in [0.717, 1.165) is 12.8 Å². The van der Waals surface area contributed by atoms with Gasteiger partial charge in [-0.2, -0.15) is 0 Å². The van der Waals surface area contributed by atoms with E-state index in [1.54, 1.807) is 0 Å². The van der Waals surface area contributed by atoms with Crippen LogP contribution in [0.2, 0.25) is 0 Å². The summed E-state index contributed by atoms with van der Waals surface area (Å²) in [5.41, 5.74) is 0. The average Bonchev–Trinajstić information content (AvgIpc) is 2.43. The summed E-state index contributed by atoms with van der Waals surface area (Å²) in [7, 11) is 0.